The monoisotopic (exact) mass is 493 g/mol. The van der Waals surface area contributed by atoms with Crippen LogP contribution in [0.5, 0.6) is 11.5 Å². The first-order chi connectivity index (χ1) is 15.5. The Morgan fingerprint density at radius 1 is 1.19 bits per heavy atom. The van der Waals surface area contributed by atoms with Gasteiger partial charge in [-0.1, -0.05) is 47.1 Å². The zero-order valence-electron chi connectivity index (χ0n) is 17.6. The predicted molar refractivity (Wildman–Crippen MR) is 127 cm³/mol. The molecule has 168 valence electrons. The predicted octanol–water partition coefficient (Wildman–Crippen LogP) is 4.53. The summed E-state index contributed by atoms with van der Waals surface area (Å²) in [5, 5.41) is 13.9. The lowest BCUT2D eigenvalue weighted by Crippen LogP contribution is -2.20. The quantitative estimate of drug-likeness (QED) is 0.267. The molecule has 0 unspecified atom stereocenters. The van der Waals surface area contributed by atoms with Gasteiger partial charge in [0, 0.05) is 17.7 Å². The number of rotatable bonds is 9. The van der Waals surface area contributed by atoms with E-state index in [1.807, 2.05) is 29.7 Å². The van der Waals surface area contributed by atoms with E-state index in [9.17, 15) is 4.79 Å². The van der Waals surface area contributed by atoms with Crippen LogP contribution in [0.4, 0.5) is 0 Å². The summed E-state index contributed by atoms with van der Waals surface area (Å²) in [6.45, 7) is 2.61. The second-order valence-electron chi connectivity index (χ2n) is 6.35. The summed E-state index contributed by atoms with van der Waals surface area (Å²) in [6, 6.07) is 10.7. The van der Waals surface area contributed by atoms with Crippen molar-refractivity contribution in [1.29, 1.82) is 0 Å². The minimum Gasteiger partial charge on any atom is -0.493 e. The van der Waals surface area contributed by atoms with Gasteiger partial charge in [0.15, 0.2) is 22.5 Å². The van der Waals surface area contributed by atoms with Crippen molar-refractivity contribution in [3.05, 3.63) is 52.0 Å². The van der Waals surface area contributed by atoms with E-state index in [-0.39, 0.29) is 11.7 Å². The van der Waals surface area contributed by atoms with Gasteiger partial charge < -0.3 is 14.0 Å². The first kappa shape index (κ1) is 23.9. The van der Waals surface area contributed by atoms with E-state index in [0.29, 0.717) is 44.6 Å². The van der Waals surface area contributed by atoms with Crippen LogP contribution >= 0.6 is 35.0 Å². The summed E-state index contributed by atoms with van der Waals surface area (Å²) in [7, 11) is 3.16. The van der Waals surface area contributed by atoms with Crippen LogP contribution in [-0.2, 0) is 11.3 Å². The molecule has 0 aliphatic heterocycles. The van der Waals surface area contributed by atoms with Gasteiger partial charge in [0.05, 0.1) is 36.2 Å². The SMILES string of the molecule is CCn1c(SCC(=O)N/N=C\c2cccc(Cl)c2Cl)nnc1-c1ccc(OC)c(OC)c1. The third-order valence-corrected chi connectivity index (χ3v) is 6.18. The molecule has 32 heavy (non-hydrogen) atoms. The minimum absolute atomic E-state index is 0.116. The first-order valence-corrected chi connectivity index (χ1v) is 11.3. The normalized spacial score (nSPS) is 11.0. The molecular formula is C21H21Cl2N5O3S. The molecule has 8 nitrogen and oxygen atoms in total. The van der Waals surface area contributed by atoms with E-state index < -0.39 is 0 Å². The number of carbonyl (C=O) groups is 1. The maximum atomic E-state index is 12.2. The number of aromatic nitrogens is 3. The van der Waals surface area contributed by atoms with Crippen molar-refractivity contribution in [2.75, 3.05) is 20.0 Å². The number of hydrazone groups is 1. The van der Waals surface area contributed by atoms with Gasteiger partial charge in [0.25, 0.3) is 5.91 Å². The molecule has 0 atom stereocenters. The number of halogens is 2. The molecule has 0 fully saturated rings. The lowest BCUT2D eigenvalue weighted by molar-refractivity contribution is -0.118. The van der Waals surface area contributed by atoms with Gasteiger partial charge in [-0.25, -0.2) is 5.43 Å². The molecule has 0 aliphatic rings. The van der Waals surface area contributed by atoms with Crippen molar-refractivity contribution < 1.29 is 14.3 Å². The Morgan fingerprint density at radius 3 is 2.69 bits per heavy atom. The highest BCUT2D eigenvalue weighted by atomic mass is 35.5. The summed E-state index contributed by atoms with van der Waals surface area (Å²) in [6.07, 6.45) is 1.44. The van der Waals surface area contributed by atoms with E-state index in [4.69, 9.17) is 32.7 Å². The zero-order chi connectivity index (χ0) is 23.1. The van der Waals surface area contributed by atoms with Crippen LogP contribution in [0.15, 0.2) is 46.7 Å². The highest BCUT2D eigenvalue weighted by molar-refractivity contribution is 7.99. The van der Waals surface area contributed by atoms with Gasteiger partial charge in [-0.3, -0.25) is 4.79 Å². The Balaban J connectivity index is 1.66. The minimum atomic E-state index is -0.289. The smallest absolute Gasteiger partial charge is 0.250 e. The number of nitrogens with one attached hydrogen (secondary N) is 1. The van der Waals surface area contributed by atoms with Gasteiger partial charge in [-0.05, 0) is 31.2 Å². The highest BCUT2D eigenvalue weighted by Crippen LogP contribution is 2.32. The van der Waals surface area contributed by atoms with Gasteiger partial charge in [-0.15, -0.1) is 10.2 Å². The fourth-order valence-electron chi connectivity index (χ4n) is 2.83. The summed E-state index contributed by atoms with van der Waals surface area (Å²) >= 11 is 13.3. The van der Waals surface area contributed by atoms with Crippen LogP contribution in [0.1, 0.15) is 12.5 Å². The maximum Gasteiger partial charge on any atom is 0.250 e. The lowest BCUT2D eigenvalue weighted by Gasteiger charge is -2.10. The second-order valence-corrected chi connectivity index (χ2v) is 8.07. The topological polar surface area (TPSA) is 90.6 Å². The number of methoxy groups -OCH3 is 2. The molecule has 1 heterocycles. The second kappa shape index (κ2) is 11.2. The number of hydrogen-bond donors (Lipinski definition) is 1. The van der Waals surface area contributed by atoms with Gasteiger partial charge in [0.2, 0.25) is 0 Å². The molecule has 1 amide bonds. The summed E-state index contributed by atoms with van der Waals surface area (Å²) in [4.78, 5) is 12.2. The Hall–Kier alpha value is -2.75. The van der Waals surface area contributed by atoms with Crippen LogP contribution in [0.25, 0.3) is 11.4 Å². The Bertz CT molecular complexity index is 1140. The van der Waals surface area contributed by atoms with Gasteiger partial charge in [-0.2, -0.15) is 5.10 Å². The molecule has 0 saturated heterocycles. The standard InChI is InChI=1S/C21H21Cl2N5O3S/c1-4-28-20(13-8-9-16(30-2)17(10-13)31-3)26-27-21(28)32-12-18(29)25-24-11-14-6-5-7-15(22)19(14)23/h5-11H,4,12H2,1-3H3,(H,25,29)/b24-11-. The van der Waals surface area contributed by atoms with Crippen molar-refractivity contribution >= 4 is 47.1 Å². The number of nitrogens with zero attached hydrogens (tertiary/aromatic N) is 4. The molecule has 0 radical (unpaired) electrons. The third-order valence-electron chi connectivity index (χ3n) is 4.38. The largest absolute Gasteiger partial charge is 0.493 e. The van der Waals surface area contributed by atoms with E-state index in [1.54, 1.807) is 32.4 Å². The zero-order valence-corrected chi connectivity index (χ0v) is 20.0. The lowest BCUT2D eigenvalue weighted by atomic mass is 10.2. The molecule has 1 N–H and O–H groups in total. The fourth-order valence-corrected chi connectivity index (χ4v) is 3.98. The number of carbonyl (C=O) groups excluding carboxylic acids is 1. The molecule has 3 aromatic rings. The Morgan fingerprint density at radius 2 is 1.97 bits per heavy atom. The molecule has 2 aromatic carbocycles. The first-order valence-electron chi connectivity index (χ1n) is 9.52. The molecule has 0 bridgehead atoms. The maximum absolute atomic E-state index is 12.2. The molecule has 11 heteroatoms. The number of ether oxygens (including phenoxy) is 2. The van der Waals surface area contributed by atoms with Crippen LogP contribution in [0.3, 0.4) is 0 Å². The van der Waals surface area contributed by atoms with Crippen molar-refractivity contribution in [1.82, 2.24) is 20.2 Å². The van der Waals surface area contributed by atoms with Crippen molar-refractivity contribution in [2.45, 2.75) is 18.6 Å². The average molecular weight is 494 g/mol. The van der Waals surface area contributed by atoms with Crippen LogP contribution in [0, 0.1) is 0 Å². The van der Waals surface area contributed by atoms with E-state index >= 15 is 0 Å². The molecule has 3 rings (SSSR count). The van der Waals surface area contributed by atoms with E-state index in [1.165, 1.54) is 18.0 Å². The number of thioether (sulfide) groups is 1. The van der Waals surface area contributed by atoms with Crippen LogP contribution < -0.4 is 14.9 Å². The van der Waals surface area contributed by atoms with E-state index in [2.05, 4.69) is 20.7 Å². The summed E-state index contributed by atoms with van der Waals surface area (Å²) in [5.74, 6) is 1.73. The van der Waals surface area contributed by atoms with Crippen LogP contribution in [0.2, 0.25) is 10.0 Å². The molecule has 0 aliphatic carbocycles. The van der Waals surface area contributed by atoms with Gasteiger partial charge >= 0.3 is 0 Å². The summed E-state index contributed by atoms with van der Waals surface area (Å²) < 4.78 is 12.6. The van der Waals surface area contributed by atoms with E-state index in [0.717, 1.165) is 5.56 Å². The number of hydrogen-bond acceptors (Lipinski definition) is 7. The van der Waals surface area contributed by atoms with Crippen molar-refractivity contribution in [3.63, 3.8) is 0 Å². The Kier molecular flexibility index (Phi) is 8.38. The number of benzene rings is 2. The van der Waals surface area contributed by atoms with Crippen LogP contribution in [-0.4, -0.2) is 46.9 Å². The molecule has 0 saturated carbocycles. The summed E-state index contributed by atoms with van der Waals surface area (Å²) in [5.41, 5.74) is 3.91. The number of amides is 1. The van der Waals surface area contributed by atoms with Crippen molar-refractivity contribution in [2.24, 2.45) is 5.10 Å². The average Bonchev–Trinajstić information content (AvgIpc) is 3.22. The molecular weight excluding hydrogens is 473 g/mol. The van der Waals surface area contributed by atoms with Crippen molar-refractivity contribution in [3.8, 4) is 22.9 Å². The fraction of sp³-hybridized carbons (Fsp3) is 0.238. The van der Waals surface area contributed by atoms with Gasteiger partial charge in [0.1, 0.15) is 0 Å². The molecule has 0 spiro atoms. The third kappa shape index (κ3) is 5.53. The highest BCUT2D eigenvalue weighted by Gasteiger charge is 2.16. The molecule has 1 aromatic heterocycles. The Labute approximate surface area is 199 Å².